The van der Waals surface area contributed by atoms with E-state index in [1.807, 2.05) is 7.05 Å². The Balaban J connectivity index is 0.00000320. The van der Waals surface area contributed by atoms with Crippen molar-refractivity contribution in [3.63, 3.8) is 0 Å². The van der Waals surface area contributed by atoms with Crippen molar-refractivity contribution in [1.29, 1.82) is 0 Å². The van der Waals surface area contributed by atoms with E-state index >= 15 is 0 Å². The molecule has 2 aromatic rings. The highest BCUT2D eigenvalue weighted by Gasteiger charge is 2.23. The maximum atomic E-state index is 4.41. The van der Waals surface area contributed by atoms with Crippen molar-refractivity contribution in [2.24, 2.45) is 4.99 Å². The van der Waals surface area contributed by atoms with Gasteiger partial charge in [0.05, 0.1) is 0 Å². The predicted molar refractivity (Wildman–Crippen MR) is 139 cm³/mol. The summed E-state index contributed by atoms with van der Waals surface area (Å²) in [7, 11) is 1.84. The lowest BCUT2D eigenvalue weighted by Crippen LogP contribution is -2.44. The average Bonchev–Trinajstić information content (AvgIpc) is 3.25. The van der Waals surface area contributed by atoms with Gasteiger partial charge in [-0.25, -0.2) is 0 Å². The Hall–Kier alpha value is -1.80. The highest BCUT2D eigenvalue weighted by molar-refractivity contribution is 14.0. The van der Waals surface area contributed by atoms with Crippen molar-refractivity contribution < 1.29 is 0 Å². The summed E-state index contributed by atoms with van der Waals surface area (Å²) in [5.41, 5.74) is 3.94. The first kappa shape index (κ1) is 24.5. The number of rotatable bonds is 8. The van der Waals surface area contributed by atoms with Crippen LogP contribution < -0.4 is 15.5 Å². The van der Waals surface area contributed by atoms with Gasteiger partial charge in [-0.1, -0.05) is 56.3 Å². The SMILES string of the molecule is CCN(CC)Cc1ccc(CNC(=NC)NC2CCN(c3ccccc3)C2)cc1.I. The minimum atomic E-state index is 0. The maximum Gasteiger partial charge on any atom is 0.191 e. The topological polar surface area (TPSA) is 42.9 Å². The largest absolute Gasteiger partial charge is 0.369 e. The van der Waals surface area contributed by atoms with Gasteiger partial charge in [0.15, 0.2) is 5.96 Å². The van der Waals surface area contributed by atoms with Gasteiger partial charge in [0, 0.05) is 45.0 Å². The molecule has 164 valence electrons. The standard InChI is InChI=1S/C24H35N5.HI/c1-4-28(5-2)18-21-13-11-20(12-14-21)17-26-24(25-3)27-22-15-16-29(19-22)23-9-7-6-8-10-23;/h6-14,22H,4-5,15-19H2,1-3H3,(H2,25,26,27);1H. The van der Waals surface area contributed by atoms with Crippen LogP contribution in [0.1, 0.15) is 31.4 Å². The summed E-state index contributed by atoms with van der Waals surface area (Å²) >= 11 is 0. The summed E-state index contributed by atoms with van der Waals surface area (Å²) in [5.74, 6) is 0.872. The first-order chi connectivity index (χ1) is 14.2. The molecule has 1 heterocycles. The van der Waals surface area contributed by atoms with E-state index in [0.29, 0.717) is 6.04 Å². The third-order valence-corrected chi connectivity index (χ3v) is 5.66. The number of nitrogens with zero attached hydrogens (tertiary/aromatic N) is 3. The molecule has 0 radical (unpaired) electrons. The van der Waals surface area contributed by atoms with Gasteiger partial charge < -0.3 is 15.5 Å². The van der Waals surface area contributed by atoms with Gasteiger partial charge in [-0.05, 0) is 42.8 Å². The summed E-state index contributed by atoms with van der Waals surface area (Å²) in [6, 6.07) is 19.9. The highest BCUT2D eigenvalue weighted by atomic mass is 127. The van der Waals surface area contributed by atoms with Crippen LogP contribution in [0, 0.1) is 0 Å². The van der Waals surface area contributed by atoms with Crippen LogP contribution in [-0.4, -0.2) is 50.1 Å². The van der Waals surface area contributed by atoms with Gasteiger partial charge in [-0.3, -0.25) is 9.89 Å². The fourth-order valence-corrected chi connectivity index (χ4v) is 3.79. The Morgan fingerprint density at radius 2 is 1.70 bits per heavy atom. The quantitative estimate of drug-likeness (QED) is 0.312. The molecular weight excluding hydrogens is 485 g/mol. The van der Waals surface area contributed by atoms with Gasteiger partial charge in [-0.2, -0.15) is 0 Å². The molecule has 0 spiro atoms. The maximum absolute atomic E-state index is 4.41. The molecule has 1 unspecified atom stereocenters. The summed E-state index contributed by atoms with van der Waals surface area (Å²) in [6.07, 6.45) is 1.12. The third-order valence-electron chi connectivity index (χ3n) is 5.66. The summed E-state index contributed by atoms with van der Waals surface area (Å²) in [5, 5.41) is 7.04. The zero-order valence-electron chi connectivity index (χ0n) is 18.5. The Labute approximate surface area is 199 Å². The van der Waals surface area contributed by atoms with Crippen molar-refractivity contribution in [3.05, 3.63) is 65.7 Å². The van der Waals surface area contributed by atoms with Crippen LogP contribution >= 0.6 is 24.0 Å². The Bertz CT molecular complexity index is 759. The van der Waals surface area contributed by atoms with E-state index in [0.717, 1.165) is 51.6 Å². The average molecular weight is 521 g/mol. The van der Waals surface area contributed by atoms with Crippen molar-refractivity contribution in [2.45, 2.75) is 39.4 Å². The fraction of sp³-hybridized carbons (Fsp3) is 0.458. The molecule has 1 atom stereocenters. The molecule has 3 rings (SSSR count). The molecule has 0 saturated carbocycles. The lowest BCUT2D eigenvalue weighted by atomic mass is 10.1. The van der Waals surface area contributed by atoms with Gasteiger partial charge in [0.25, 0.3) is 0 Å². The Kier molecular flexibility index (Phi) is 10.4. The molecule has 0 aliphatic carbocycles. The second-order valence-corrected chi connectivity index (χ2v) is 7.62. The summed E-state index contributed by atoms with van der Waals surface area (Å²) < 4.78 is 0. The van der Waals surface area contributed by atoms with Crippen LogP contribution in [0.2, 0.25) is 0 Å². The van der Waals surface area contributed by atoms with E-state index < -0.39 is 0 Å². The van der Waals surface area contributed by atoms with Crippen LogP contribution in [0.5, 0.6) is 0 Å². The molecular formula is C24H36IN5. The number of benzene rings is 2. The molecule has 5 nitrogen and oxygen atoms in total. The Morgan fingerprint density at radius 3 is 2.33 bits per heavy atom. The number of guanidine groups is 1. The molecule has 0 amide bonds. The number of nitrogens with one attached hydrogen (secondary N) is 2. The number of halogens is 1. The number of hydrogen-bond donors (Lipinski definition) is 2. The van der Waals surface area contributed by atoms with E-state index in [2.05, 4.69) is 93.9 Å². The van der Waals surface area contributed by atoms with E-state index in [-0.39, 0.29) is 24.0 Å². The van der Waals surface area contributed by atoms with E-state index in [1.54, 1.807) is 0 Å². The van der Waals surface area contributed by atoms with E-state index in [4.69, 9.17) is 0 Å². The van der Waals surface area contributed by atoms with Crippen molar-refractivity contribution in [1.82, 2.24) is 15.5 Å². The molecule has 1 aliphatic heterocycles. The first-order valence-corrected chi connectivity index (χ1v) is 10.8. The van der Waals surface area contributed by atoms with Crippen LogP contribution in [-0.2, 0) is 13.1 Å². The molecule has 0 aromatic heterocycles. The number of hydrogen-bond acceptors (Lipinski definition) is 3. The fourth-order valence-electron chi connectivity index (χ4n) is 3.79. The molecule has 1 fully saturated rings. The summed E-state index contributed by atoms with van der Waals surface area (Å²) in [6.45, 7) is 10.5. The lowest BCUT2D eigenvalue weighted by Gasteiger charge is -2.20. The number of para-hydroxylation sites is 1. The van der Waals surface area contributed by atoms with Crippen molar-refractivity contribution in [2.75, 3.05) is 38.1 Å². The van der Waals surface area contributed by atoms with Crippen LogP contribution in [0.25, 0.3) is 0 Å². The van der Waals surface area contributed by atoms with Gasteiger partial charge in [0.2, 0.25) is 0 Å². The molecule has 0 bridgehead atoms. The van der Waals surface area contributed by atoms with E-state index in [1.165, 1.54) is 16.8 Å². The zero-order chi connectivity index (χ0) is 20.5. The van der Waals surface area contributed by atoms with Crippen LogP contribution in [0.3, 0.4) is 0 Å². The monoisotopic (exact) mass is 521 g/mol. The minimum absolute atomic E-state index is 0. The molecule has 1 saturated heterocycles. The second-order valence-electron chi connectivity index (χ2n) is 7.62. The molecule has 6 heteroatoms. The molecule has 1 aliphatic rings. The van der Waals surface area contributed by atoms with Crippen molar-refractivity contribution in [3.8, 4) is 0 Å². The van der Waals surface area contributed by atoms with Gasteiger partial charge >= 0.3 is 0 Å². The van der Waals surface area contributed by atoms with Crippen LogP contribution in [0.4, 0.5) is 5.69 Å². The normalized spacial score (nSPS) is 16.5. The third kappa shape index (κ3) is 7.16. The van der Waals surface area contributed by atoms with Gasteiger partial charge in [0.1, 0.15) is 0 Å². The van der Waals surface area contributed by atoms with Gasteiger partial charge in [-0.15, -0.1) is 24.0 Å². The molecule has 30 heavy (non-hydrogen) atoms. The zero-order valence-corrected chi connectivity index (χ0v) is 20.8. The minimum Gasteiger partial charge on any atom is -0.369 e. The molecule has 2 N–H and O–H groups in total. The van der Waals surface area contributed by atoms with E-state index in [9.17, 15) is 0 Å². The lowest BCUT2D eigenvalue weighted by molar-refractivity contribution is 0.296. The molecule has 2 aromatic carbocycles. The second kappa shape index (κ2) is 12.8. The highest BCUT2D eigenvalue weighted by Crippen LogP contribution is 2.19. The van der Waals surface area contributed by atoms with Crippen molar-refractivity contribution >= 4 is 35.6 Å². The number of anilines is 1. The van der Waals surface area contributed by atoms with Crippen LogP contribution in [0.15, 0.2) is 59.6 Å². The Morgan fingerprint density at radius 1 is 1.03 bits per heavy atom. The number of aliphatic imine (C=N–C) groups is 1. The summed E-state index contributed by atoms with van der Waals surface area (Å²) in [4.78, 5) is 9.27. The smallest absolute Gasteiger partial charge is 0.191 e. The predicted octanol–water partition coefficient (Wildman–Crippen LogP) is 4.09. The first-order valence-electron chi connectivity index (χ1n) is 10.8.